The topological polar surface area (TPSA) is 64.8 Å². The molecule has 0 amide bonds. The molecule has 1 unspecified atom stereocenters. The van der Waals surface area contributed by atoms with E-state index in [-0.39, 0.29) is 12.1 Å². The number of esters is 1. The molecule has 0 saturated heterocycles. The van der Waals surface area contributed by atoms with Crippen LogP contribution in [0.3, 0.4) is 0 Å². The molecular formula is C25H26N2O3. The van der Waals surface area contributed by atoms with Gasteiger partial charge in [-0.1, -0.05) is 24.3 Å². The van der Waals surface area contributed by atoms with Gasteiger partial charge in [-0.3, -0.25) is 4.79 Å². The van der Waals surface area contributed by atoms with Crippen LogP contribution in [-0.2, 0) is 14.3 Å². The third-order valence-electron chi connectivity index (χ3n) is 5.33. The van der Waals surface area contributed by atoms with E-state index in [0.29, 0.717) is 25.1 Å². The Morgan fingerprint density at radius 3 is 2.93 bits per heavy atom. The van der Waals surface area contributed by atoms with Gasteiger partial charge in [-0.05, 0) is 66.5 Å². The number of carbonyl (C=O) groups excluding carboxylic acids is 1. The molecule has 1 atom stereocenters. The van der Waals surface area contributed by atoms with E-state index >= 15 is 0 Å². The van der Waals surface area contributed by atoms with Crippen LogP contribution in [-0.4, -0.2) is 25.7 Å². The molecule has 0 fully saturated rings. The van der Waals surface area contributed by atoms with Crippen molar-refractivity contribution < 1.29 is 14.3 Å². The Bertz CT molecular complexity index is 1040. The van der Waals surface area contributed by atoms with Gasteiger partial charge in [-0.15, -0.1) is 0 Å². The number of allylic oxidation sites excluding steroid dienone is 6. The lowest BCUT2D eigenvalue weighted by atomic mass is 9.91. The zero-order chi connectivity index (χ0) is 21.1. The predicted molar refractivity (Wildman–Crippen MR) is 119 cm³/mol. The van der Waals surface area contributed by atoms with Gasteiger partial charge in [-0.2, -0.15) is 0 Å². The highest BCUT2D eigenvalue weighted by Crippen LogP contribution is 2.36. The molecule has 30 heavy (non-hydrogen) atoms. The highest BCUT2D eigenvalue weighted by Gasteiger charge is 2.25. The molecule has 154 valence electrons. The third-order valence-corrected chi connectivity index (χ3v) is 5.33. The minimum Gasteiger partial charge on any atom is -0.481 e. The van der Waals surface area contributed by atoms with Crippen molar-refractivity contribution in [1.29, 1.82) is 0 Å². The number of para-hydroxylation sites is 1. The molecule has 0 aromatic heterocycles. The van der Waals surface area contributed by atoms with Gasteiger partial charge in [0.25, 0.3) is 0 Å². The summed E-state index contributed by atoms with van der Waals surface area (Å²) < 4.78 is 11.3. The van der Waals surface area contributed by atoms with Gasteiger partial charge in [0.15, 0.2) is 0 Å². The average Bonchev–Trinajstić information content (AvgIpc) is 2.74. The van der Waals surface area contributed by atoms with E-state index in [4.69, 9.17) is 15.2 Å². The van der Waals surface area contributed by atoms with E-state index in [1.807, 2.05) is 62.7 Å². The van der Waals surface area contributed by atoms with E-state index in [2.05, 4.69) is 23.1 Å². The molecule has 1 aromatic rings. The number of carbonyl (C=O) groups is 1. The fourth-order valence-electron chi connectivity index (χ4n) is 3.85. The smallest absolute Gasteiger partial charge is 0.306 e. The standard InChI is InChI=1S/C25H26N2O3/c1-3-29-25(28)11-8-17-14-20(30-24-16-19(26)9-10-22(17)24)15-18-12-13-27(2)23-7-5-4-6-21(18)23/h4-7,9-10,12-16,24H,3,8,11,26H2,1-2H3. The Kier molecular flexibility index (Phi) is 5.61. The molecule has 2 N–H and O–H groups in total. The van der Waals surface area contributed by atoms with Crippen molar-refractivity contribution in [2.75, 3.05) is 18.6 Å². The number of benzene rings is 1. The van der Waals surface area contributed by atoms with Crippen molar-refractivity contribution in [3.8, 4) is 0 Å². The van der Waals surface area contributed by atoms with Crippen LogP contribution in [0.15, 0.2) is 89.5 Å². The molecular weight excluding hydrogens is 376 g/mol. The fraction of sp³-hybridized carbons (Fsp3) is 0.240. The summed E-state index contributed by atoms with van der Waals surface area (Å²) >= 11 is 0. The number of hydrogen-bond donors (Lipinski definition) is 1. The molecule has 0 radical (unpaired) electrons. The number of anilines is 1. The summed E-state index contributed by atoms with van der Waals surface area (Å²) in [5.74, 6) is 0.560. The molecule has 2 heterocycles. The second-order valence-corrected chi connectivity index (χ2v) is 7.41. The second-order valence-electron chi connectivity index (χ2n) is 7.41. The van der Waals surface area contributed by atoms with Crippen molar-refractivity contribution in [1.82, 2.24) is 0 Å². The lowest BCUT2D eigenvalue weighted by molar-refractivity contribution is -0.143. The number of ether oxygens (including phenoxy) is 2. The number of hydrogen-bond acceptors (Lipinski definition) is 5. The number of nitrogens with two attached hydrogens (primary N) is 1. The molecule has 3 aliphatic rings. The maximum Gasteiger partial charge on any atom is 0.306 e. The molecule has 4 rings (SSSR count). The molecule has 5 heteroatoms. The van der Waals surface area contributed by atoms with E-state index in [0.717, 1.165) is 33.7 Å². The van der Waals surface area contributed by atoms with Crippen LogP contribution in [0.4, 0.5) is 5.69 Å². The number of rotatable bonds is 5. The van der Waals surface area contributed by atoms with Crippen molar-refractivity contribution in [3.63, 3.8) is 0 Å². The first-order chi connectivity index (χ1) is 14.5. The molecule has 2 aliphatic heterocycles. The van der Waals surface area contributed by atoms with Crippen LogP contribution >= 0.6 is 0 Å². The molecule has 5 nitrogen and oxygen atoms in total. The van der Waals surface area contributed by atoms with Gasteiger partial charge in [0.1, 0.15) is 11.9 Å². The molecule has 1 aliphatic carbocycles. The van der Waals surface area contributed by atoms with Crippen LogP contribution in [0.2, 0.25) is 0 Å². The summed E-state index contributed by atoms with van der Waals surface area (Å²) in [6, 6.07) is 8.27. The van der Waals surface area contributed by atoms with Gasteiger partial charge in [-0.25, -0.2) is 0 Å². The molecule has 1 aromatic carbocycles. The highest BCUT2D eigenvalue weighted by atomic mass is 16.5. The Balaban J connectivity index is 1.67. The van der Waals surface area contributed by atoms with E-state index in [1.54, 1.807) is 0 Å². The number of fused-ring (bicyclic) bond motifs is 2. The first kappa shape index (κ1) is 19.8. The molecule has 0 spiro atoms. The van der Waals surface area contributed by atoms with Crippen LogP contribution in [0.25, 0.3) is 5.57 Å². The SMILES string of the molecule is CCOC(=O)CCC1=C2C=CC(N)=CC2OC(C=C2C=CN(C)c3ccccc32)=C1. The lowest BCUT2D eigenvalue weighted by Crippen LogP contribution is -2.22. The van der Waals surface area contributed by atoms with Crippen LogP contribution in [0.1, 0.15) is 25.3 Å². The maximum atomic E-state index is 11.9. The fourth-order valence-corrected chi connectivity index (χ4v) is 3.85. The van der Waals surface area contributed by atoms with Crippen LogP contribution in [0, 0.1) is 0 Å². The van der Waals surface area contributed by atoms with Crippen LogP contribution < -0.4 is 10.6 Å². The Morgan fingerprint density at radius 1 is 1.27 bits per heavy atom. The highest BCUT2D eigenvalue weighted by molar-refractivity contribution is 5.87. The van der Waals surface area contributed by atoms with Gasteiger partial charge in [0.05, 0.1) is 6.61 Å². The number of nitrogens with zero attached hydrogens (tertiary/aromatic N) is 1. The summed E-state index contributed by atoms with van der Waals surface area (Å²) in [7, 11) is 2.03. The Morgan fingerprint density at radius 2 is 2.10 bits per heavy atom. The quantitative estimate of drug-likeness (QED) is 0.741. The van der Waals surface area contributed by atoms with Crippen molar-refractivity contribution in [3.05, 3.63) is 95.1 Å². The van der Waals surface area contributed by atoms with E-state index < -0.39 is 0 Å². The lowest BCUT2D eigenvalue weighted by Gasteiger charge is -2.29. The van der Waals surface area contributed by atoms with Crippen LogP contribution in [0.5, 0.6) is 0 Å². The van der Waals surface area contributed by atoms with Gasteiger partial charge < -0.3 is 20.1 Å². The zero-order valence-electron chi connectivity index (χ0n) is 17.3. The summed E-state index contributed by atoms with van der Waals surface area (Å²) in [5, 5.41) is 0. The first-order valence-electron chi connectivity index (χ1n) is 10.2. The van der Waals surface area contributed by atoms with E-state index in [1.165, 1.54) is 0 Å². The third kappa shape index (κ3) is 4.10. The monoisotopic (exact) mass is 402 g/mol. The zero-order valence-corrected chi connectivity index (χ0v) is 17.3. The van der Waals surface area contributed by atoms with Crippen molar-refractivity contribution in [2.45, 2.75) is 25.9 Å². The summed E-state index contributed by atoms with van der Waals surface area (Å²) in [6.45, 7) is 2.21. The van der Waals surface area contributed by atoms with Gasteiger partial charge in [0, 0.05) is 36.6 Å². The summed E-state index contributed by atoms with van der Waals surface area (Å²) in [6.07, 6.45) is 14.6. The predicted octanol–water partition coefficient (Wildman–Crippen LogP) is 4.37. The average molecular weight is 402 g/mol. The van der Waals surface area contributed by atoms with Gasteiger partial charge in [0.2, 0.25) is 0 Å². The Hall–Kier alpha value is -3.47. The van der Waals surface area contributed by atoms with Gasteiger partial charge >= 0.3 is 5.97 Å². The van der Waals surface area contributed by atoms with Crippen molar-refractivity contribution in [2.24, 2.45) is 5.73 Å². The minimum atomic E-state index is -0.255. The second kappa shape index (κ2) is 8.49. The molecule has 0 saturated carbocycles. The molecule has 0 bridgehead atoms. The largest absolute Gasteiger partial charge is 0.481 e. The van der Waals surface area contributed by atoms with E-state index in [9.17, 15) is 4.79 Å². The minimum absolute atomic E-state index is 0.191. The summed E-state index contributed by atoms with van der Waals surface area (Å²) in [4.78, 5) is 14.0. The Labute approximate surface area is 177 Å². The summed E-state index contributed by atoms with van der Waals surface area (Å²) in [5.41, 5.74) is 12.1. The van der Waals surface area contributed by atoms with Crippen molar-refractivity contribution >= 4 is 17.2 Å². The normalized spacial score (nSPS) is 20.9. The first-order valence-corrected chi connectivity index (χ1v) is 10.2. The maximum absolute atomic E-state index is 11.9.